The van der Waals surface area contributed by atoms with E-state index in [0.717, 1.165) is 28.6 Å². The summed E-state index contributed by atoms with van der Waals surface area (Å²) in [6.07, 6.45) is 3.12. The minimum Gasteiger partial charge on any atom is -0.507 e. The topological polar surface area (TPSA) is 157 Å². The van der Waals surface area contributed by atoms with Gasteiger partial charge < -0.3 is 10.2 Å². The van der Waals surface area contributed by atoms with Gasteiger partial charge in [-0.25, -0.2) is 28.2 Å². The molecule has 0 aliphatic carbocycles. The number of aromatic hydroxyl groups is 1. The van der Waals surface area contributed by atoms with E-state index in [0.29, 0.717) is 12.8 Å². The first-order valence-electron chi connectivity index (χ1n) is 11.4. The first kappa shape index (κ1) is 25.6. The Morgan fingerprint density at radius 3 is 2.24 bits per heavy atom. The Balaban J connectivity index is 1.72. The molecule has 12 heteroatoms. The number of hydrogen-bond acceptors (Lipinski definition) is 7. The fraction of sp³-hybridized carbons (Fsp3) is 0.200. The summed E-state index contributed by atoms with van der Waals surface area (Å²) in [6, 6.07) is 13.7. The van der Waals surface area contributed by atoms with Gasteiger partial charge in [0.1, 0.15) is 23.0 Å². The number of amides is 2. The van der Waals surface area contributed by atoms with E-state index in [1.165, 1.54) is 42.6 Å². The number of carboxylic acid groups (broad SMARTS) is 1. The highest BCUT2D eigenvalue weighted by Gasteiger charge is 2.46. The number of rotatable bonds is 9. The minimum absolute atomic E-state index is 0.0704. The number of hydrazine groups is 1. The van der Waals surface area contributed by atoms with E-state index < -0.39 is 45.0 Å². The number of sulfonamides is 1. The lowest BCUT2D eigenvalue weighted by Crippen LogP contribution is -2.41. The summed E-state index contributed by atoms with van der Waals surface area (Å²) in [5.41, 5.74) is -0.156. The van der Waals surface area contributed by atoms with Crippen LogP contribution in [0, 0.1) is 5.92 Å². The molecule has 2 heterocycles. The SMILES string of the molecule is CCCCC1C(=O)N(c2ccc(S(=O)(=O)Nc3ccccn3)cc2)N(c2ccc(O)c(C(=O)O)c2)C1=O. The first-order chi connectivity index (χ1) is 17.6. The van der Waals surface area contributed by atoms with Gasteiger partial charge in [-0.15, -0.1) is 0 Å². The van der Waals surface area contributed by atoms with Crippen molar-refractivity contribution in [2.45, 2.75) is 31.1 Å². The van der Waals surface area contributed by atoms with Gasteiger partial charge in [-0.3, -0.25) is 14.3 Å². The van der Waals surface area contributed by atoms with Crippen LogP contribution < -0.4 is 14.7 Å². The van der Waals surface area contributed by atoms with Crippen LogP contribution in [0.25, 0.3) is 0 Å². The van der Waals surface area contributed by atoms with Gasteiger partial charge in [0.25, 0.3) is 21.8 Å². The predicted molar refractivity (Wildman–Crippen MR) is 135 cm³/mol. The van der Waals surface area contributed by atoms with E-state index in [2.05, 4.69) is 9.71 Å². The second-order valence-electron chi connectivity index (χ2n) is 8.32. The van der Waals surface area contributed by atoms with Crippen LogP contribution in [0.15, 0.2) is 71.8 Å². The quantitative estimate of drug-likeness (QED) is 0.360. The fourth-order valence-electron chi connectivity index (χ4n) is 3.95. The van der Waals surface area contributed by atoms with Crippen LogP contribution in [0.2, 0.25) is 0 Å². The second-order valence-corrected chi connectivity index (χ2v) is 10.00. The molecule has 1 saturated heterocycles. The average molecular weight is 525 g/mol. The lowest BCUT2D eigenvalue weighted by atomic mass is 10.0. The highest BCUT2D eigenvalue weighted by molar-refractivity contribution is 7.92. The zero-order valence-electron chi connectivity index (χ0n) is 19.7. The summed E-state index contributed by atoms with van der Waals surface area (Å²) in [7, 11) is -3.98. The summed E-state index contributed by atoms with van der Waals surface area (Å²) in [4.78, 5) is 42.1. The maximum absolute atomic E-state index is 13.4. The lowest BCUT2D eigenvalue weighted by molar-refractivity contribution is -0.127. The van der Waals surface area contributed by atoms with E-state index in [9.17, 15) is 33.0 Å². The van der Waals surface area contributed by atoms with Crippen molar-refractivity contribution in [1.82, 2.24) is 4.98 Å². The Labute approximate surface area is 213 Å². The summed E-state index contributed by atoms with van der Waals surface area (Å²) >= 11 is 0. The average Bonchev–Trinajstić information content (AvgIpc) is 3.12. The standard InChI is InChI=1S/C25H24N4O7S/c1-2-3-6-19-23(31)28(29(24(19)32)17-10-13-21(30)20(15-17)25(33)34)16-8-11-18(12-9-16)37(35,36)27-22-7-4-5-14-26-22/h4-5,7-15,19,30H,2-3,6H2,1H3,(H,26,27)(H,33,34). The van der Waals surface area contributed by atoms with Crippen molar-refractivity contribution in [3.8, 4) is 5.75 Å². The molecule has 3 aromatic rings. The summed E-state index contributed by atoms with van der Waals surface area (Å²) in [6.45, 7) is 1.93. The third kappa shape index (κ3) is 5.09. The number of pyridine rings is 1. The van der Waals surface area contributed by atoms with Crippen molar-refractivity contribution >= 4 is 45.0 Å². The molecular weight excluding hydrogens is 500 g/mol. The number of nitrogens with zero attached hydrogens (tertiary/aromatic N) is 3. The van der Waals surface area contributed by atoms with Crippen molar-refractivity contribution in [3.63, 3.8) is 0 Å². The molecule has 1 aliphatic heterocycles. The van der Waals surface area contributed by atoms with Gasteiger partial charge in [0.05, 0.1) is 16.3 Å². The van der Waals surface area contributed by atoms with Crippen molar-refractivity contribution < 1.29 is 33.0 Å². The maximum Gasteiger partial charge on any atom is 0.339 e. The minimum atomic E-state index is -3.98. The number of hydrogen-bond donors (Lipinski definition) is 3. The smallest absolute Gasteiger partial charge is 0.339 e. The molecule has 3 N–H and O–H groups in total. The van der Waals surface area contributed by atoms with Crippen LogP contribution in [-0.4, -0.2) is 41.4 Å². The lowest BCUT2D eigenvalue weighted by Gasteiger charge is -2.28. The van der Waals surface area contributed by atoms with Crippen LogP contribution in [-0.2, 0) is 19.6 Å². The monoisotopic (exact) mass is 524 g/mol. The Kier molecular flexibility index (Phi) is 7.11. The molecule has 1 atom stereocenters. The largest absolute Gasteiger partial charge is 0.507 e. The number of nitrogens with one attached hydrogen (secondary N) is 1. The number of unbranched alkanes of at least 4 members (excludes halogenated alkanes) is 1. The molecule has 1 aromatic heterocycles. The molecule has 0 saturated carbocycles. The van der Waals surface area contributed by atoms with Gasteiger partial charge in [-0.1, -0.05) is 25.8 Å². The van der Waals surface area contributed by atoms with Crippen LogP contribution in [0.4, 0.5) is 17.2 Å². The first-order valence-corrected chi connectivity index (χ1v) is 12.9. The summed E-state index contributed by atoms with van der Waals surface area (Å²) < 4.78 is 27.9. The van der Waals surface area contributed by atoms with Gasteiger partial charge in [0.2, 0.25) is 0 Å². The number of anilines is 3. The Bertz CT molecular complexity index is 1440. The maximum atomic E-state index is 13.4. The van der Waals surface area contributed by atoms with E-state index in [1.807, 2.05) is 6.92 Å². The van der Waals surface area contributed by atoms with Crippen molar-refractivity contribution in [2.24, 2.45) is 5.92 Å². The number of aromatic carboxylic acids is 1. The van der Waals surface area contributed by atoms with Crippen molar-refractivity contribution in [1.29, 1.82) is 0 Å². The molecule has 0 bridgehead atoms. The number of carbonyl (C=O) groups excluding carboxylic acids is 2. The molecule has 37 heavy (non-hydrogen) atoms. The Morgan fingerprint density at radius 1 is 1.00 bits per heavy atom. The molecule has 0 spiro atoms. The number of benzene rings is 2. The second kappa shape index (κ2) is 10.3. The zero-order valence-corrected chi connectivity index (χ0v) is 20.6. The normalized spacial score (nSPS) is 15.8. The van der Waals surface area contributed by atoms with Crippen LogP contribution in [0.3, 0.4) is 0 Å². The van der Waals surface area contributed by atoms with Gasteiger partial charge in [0.15, 0.2) is 0 Å². The highest BCUT2D eigenvalue weighted by atomic mass is 32.2. The number of carbonyl (C=O) groups is 3. The van der Waals surface area contributed by atoms with Gasteiger partial charge >= 0.3 is 5.97 Å². The van der Waals surface area contributed by atoms with E-state index in [4.69, 9.17) is 0 Å². The molecule has 1 aliphatic rings. The summed E-state index contributed by atoms with van der Waals surface area (Å²) in [5.74, 6) is -3.81. The Hall–Kier alpha value is -4.45. The molecular formula is C25H24N4O7S. The van der Waals surface area contributed by atoms with Crippen molar-refractivity contribution in [3.05, 3.63) is 72.4 Å². The third-order valence-corrected chi connectivity index (χ3v) is 7.18. The van der Waals surface area contributed by atoms with Gasteiger partial charge in [-0.2, -0.15) is 0 Å². The number of aromatic nitrogens is 1. The summed E-state index contributed by atoms with van der Waals surface area (Å²) in [5, 5.41) is 21.5. The van der Waals surface area contributed by atoms with Gasteiger partial charge in [0, 0.05) is 6.20 Å². The number of carboxylic acids is 1. The predicted octanol–water partition coefficient (Wildman–Crippen LogP) is 3.39. The zero-order chi connectivity index (χ0) is 26.7. The van der Waals surface area contributed by atoms with Gasteiger partial charge in [-0.05, 0) is 61.0 Å². The highest BCUT2D eigenvalue weighted by Crippen LogP contribution is 2.36. The molecule has 1 unspecified atom stereocenters. The molecule has 4 rings (SSSR count). The molecule has 192 valence electrons. The number of phenols is 1. The molecule has 2 amide bonds. The van der Waals surface area contributed by atoms with E-state index >= 15 is 0 Å². The van der Waals surface area contributed by atoms with Crippen LogP contribution >= 0.6 is 0 Å². The van der Waals surface area contributed by atoms with Crippen molar-refractivity contribution in [2.75, 3.05) is 14.7 Å². The van der Waals surface area contributed by atoms with E-state index in [-0.39, 0.29) is 22.1 Å². The molecule has 11 nitrogen and oxygen atoms in total. The van der Waals surface area contributed by atoms with Crippen LogP contribution in [0.5, 0.6) is 5.75 Å². The fourth-order valence-corrected chi connectivity index (χ4v) is 4.96. The molecule has 1 fully saturated rings. The molecule has 2 aromatic carbocycles. The third-order valence-electron chi connectivity index (χ3n) is 5.81. The Morgan fingerprint density at radius 2 is 1.65 bits per heavy atom. The molecule has 0 radical (unpaired) electrons. The van der Waals surface area contributed by atoms with Crippen LogP contribution in [0.1, 0.15) is 36.5 Å². The van der Waals surface area contributed by atoms with E-state index in [1.54, 1.807) is 12.1 Å².